The molecule has 102 valence electrons. The van der Waals surface area contributed by atoms with Crippen molar-refractivity contribution in [3.8, 4) is 0 Å². The Morgan fingerprint density at radius 2 is 1.83 bits per heavy atom. The second kappa shape index (κ2) is 5.17. The first-order chi connectivity index (χ1) is 8.21. The average molecular weight is 280 g/mol. The van der Waals surface area contributed by atoms with Crippen LogP contribution in [0.5, 0.6) is 0 Å². The van der Waals surface area contributed by atoms with Gasteiger partial charge >= 0.3 is 0 Å². The molecule has 0 aromatic heterocycles. The van der Waals surface area contributed by atoms with Crippen molar-refractivity contribution in [1.29, 1.82) is 0 Å². The maximum absolute atomic E-state index is 13.5. The van der Waals surface area contributed by atoms with Gasteiger partial charge in [0.15, 0.2) is 4.90 Å². The number of anilines is 1. The molecule has 0 saturated heterocycles. The zero-order valence-electron chi connectivity index (χ0n) is 9.89. The molecule has 0 aliphatic rings. The molecule has 0 heterocycles. The third kappa shape index (κ3) is 2.60. The zero-order valence-corrected chi connectivity index (χ0v) is 10.7. The Balaban J connectivity index is 3.38. The summed E-state index contributed by atoms with van der Waals surface area (Å²) >= 11 is 0. The van der Waals surface area contributed by atoms with Gasteiger partial charge in [0, 0.05) is 18.8 Å². The van der Waals surface area contributed by atoms with Crippen LogP contribution in [-0.2, 0) is 10.0 Å². The van der Waals surface area contributed by atoms with Gasteiger partial charge in [-0.25, -0.2) is 17.2 Å². The molecule has 0 spiro atoms. The van der Waals surface area contributed by atoms with E-state index in [4.69, 9.17) is 10.8 Å². The second-order valence-corrected chi connectivity index (χ2v) is 5.80. The topological polar surface area (TPSA) is 83.6 Å². The third-order valence-electron chi connectivity index (χ3n) is 2.54. The quantitative estimate of drug-likeness (QED) is 0.789. The molecule has 1 atom stereocenters. The lowest BCUT2D eigenvalue weighted by atomic mass is 10.3. The van der Waals surface area contributed by atoms with Crippen LogP contribution in [-0.4, -0.2) is 37.5 Å². The lowest BCUT2D eigenvalue weighted by Crippen LogP contribution is -2.38. The Morgan fingerprint density at radius 3 is 2.22 bits per heavy atom. The van der Waals surface area contributed by atoms with Gasteiger partial charge in [-0.1, -0.05) is 0 Å². The molecule has 1 aromatic rings. The van der Waals surface area contributed by atoms with Gasteiger partial charge in [0.25, 0.3) is 0 Å². The smallest absolute Gasteiger partial charge is 0.248 e. The number of nitrogens with zero attached hydrogens (tertiary/aromatic N) is 1. The minimum atomic E-state index is -4.36. The molecular weight excluding hydrogens is 266 g/mol. The summed E-state index contributed by atoms with van der Waals surface area (Å²) in [5.41, 5.74) is 5.00. The number of sulfonamides is 1. The molecule has 0 aliphatic carbocycles. The summed E-state index contributed by atoms with van der Waals surface area (Å²) < 4.78 is 51.8. The standard InChI is InChI=1S/C10H14F2N2O3S/c1-6(5-15)14(2)18(16,17)10-8(11)3-7(13)4-9(10)12/h3-4,6,15H,5,13H2,1-2H3. The summed E-state index contributed by atoms with van der Waals surface area (Å²) in [5.74, 6) is -2.52. The first-order valence-electron chi connectivity index (χ1n) is 5.05. The molecule has 0 saturated carbocycles. The van der Waals surface area contributed by atoms with Crippen LogP contribution in [0.3, 0.4) is 0 Å². The number of nitrogens with two attached hydrogens (primary N) is 1. The predicted octanol–water partition coefficient (Wildman–Crippen LogP) is 0.548. The summed E-state index contributed by atoms with van der Waals surface area (Å²) in [6.07, 6.45) is 0. The van der Waals surface area contributed by atoms with Crippen LogP contribution in [0.4, 0.5) is 14.5 Å². The fraction of sp³-hybridized carbons (Fsp3) is 0.400. The van der Waals surface area contributed by atoms with Crippen molar-refractivity contribution >= 4 is 15.7 Å². The summed E-state index contributed by atoms with van der Waals surface area (Å²) in [7, 11) is -3.23. The highest BCUT2D eigenvalue weighted by atomic mass is 32.2. The Kier molecular flexibility index (Phi) is 4.25. The highest BCUT2D eigenvalue weighted by molar-refractivity contribution is 7.89. The Bertz CT molecular complexity index is 525. The Hall–Kier alpha value is -1.25. The molecule has 0 bridgehead atoms. The molecule has 5 nitrogen and oxygen atoms in total. The maximum atomic E-state index is 13.5. The van der Waals surface area contributed by atoms with E-state index in [1.165, 1.54) is 6.92 Å². The van der Waals surface area contributed by atoms with Crippen LogP contribution < -0.4 is 5.73 Å². The molecule has 1 rings (SSSR count). The van der Waals surface area contributed by atoms with Crippen LogP contribution in [0, 0.1) is 11.6 Å². The van der Waals surface area contributed by atoms with Crippen molar-refractivity contribution in [3.05, 3.63) is 23.8 Å². The van der Waals surface area contributed by atoms with Gasteiger partial charge in [0.05, 0.1) is 6.61 Å². The number of hydrogen-bond acceptors (Lipinski definition) is 4. The van der Waals surface area contributed by atoms with Gasteiger partial charge < -0.3 is 10.8 Å². The maximum Gasteiger partial charge on any atom is 0.248 e. The van der Waals surface area contributed by atoms with Crippen LogP contribution in [0.1, 0.15) is 6.92 Å². The SMILES string of the molecule is CC(CO)N(C)S(=O)(=O)c1c(F)cc(N)cc1F. The largest absolute Gasteiger partial charge is 0.399 e. The van der Waals surface area contributed by atoms with E-state index in [9.17, 15) is 17.2 Å². The van der Waals surface area contributed by atoms with Crippen LogP contribution >= 0.6 is 0 Å². The molecule has 0 radical (unpaired) electrons. The fourth-order valence-electron chi connectivity index (χ4n) is 1.32. The molecule has 1 unspecified atom stereocenters. The highest BCUT2D eigenvalue weighted by Crippen LogP contribution is 2.25. The van der Waals surface area contributed by atoms with E-state index in [2.05, 4.69) is 0 Å². The first kappa shape index (κ1) is 14.8. The summed E-state index contributed by atoms with van der Waals surface area (Å²) in [6, 6.07) is 0.659. The fourth-order valence-corrected chi connectivity index (χ4v) is 2.76. The Morgan fingerprint density at radius 1 is 1.39 bits per heavy atom. The van der Waals surface area contributed by atoms with Crippen molar-refractivity contribution in [1.82, 2.24) is 4.31 Å². The second-order valence-electron chi connectivity index (χ2n) is 3.87. The van der Waals surface area contributed by atoms with E-state index in [0.717, 1.165) is 19.2 Å². The number of likely N-dealkylation sites (N-methyl/N-ethyl adjacent to an activating group) is 1. The summed E-state index contributed by atoms with van der Waals surface area (Å²) in [6.45, 7) is 0.943. The summed E-state index contributed by atoms with van der Waals surface area (Å²) in [4.78, 5) is -1.07. The van der Waals surface area contributed by atoms with Crippen molar-refractivity contribution in [2.24, 2.45) is 0 Å². The predicted molar refractivity (Wildman–Crippen MR) is 62.3 cm³/mol. The number of aliphatic hydroxyl groups is 1. The molecule has 18 heavy (non-hydrogen) atoms. The lowest BCUT2D eigenvalue weighted by Gasteiger charge is -2.23. The molecular formula is C10H14F2N2O3S. The lowest BCUT2D eigenvalue weighted by molar-refractivity contribution is 0.213. The van der Waals surface area contributed by atoms with Gasteiger partial charge in [-0.05, 0) is 19.1 Å². The minimum Gasteiger partial charge on any atom is -0.399 e. The van der Waals surface area contributed by atoms with E-state index >= 15 is 0 Å². The number of halogens is 2. The monoisotopic (exact) mass is 280 g/mol. The number of nitrogen functional groups attached to an aromatic ring is 1. The number of rotatable bonds is 4. The normalized spacial score (nSPS) is 13.9. The van der Waals surface area contributed by atoms with E-state index in [0.29, 0.717) is 4.31 Å². The molecule has 3 N–H and O–H groups in total. The molecule has 0 fully saturated rings. The highest BCUT2D eigenvalue weighted by Gasteiger charge is 2.31. The number of aliphatic hydroxyl groups excluding tert-OH is 1. The van der Waals surface area contributed by atoms with Gasteiger partial charge in [-0.15, -0.1) is 0 Å². The minimum absolute atomic E-state index is 0.207. The molecule has 1 aromatic carbocycles. The Labute approximate surface area is 104 Å². The van der Waals surface area contributed by atoms with Gasteiger partial charge in [0.1, 0.15) is 11.6 Å². The van der Waals surface area contributed by atoms with E-state index < -0.39 is 39.2 Å². The van der Waals surface area contributed by atoms with Gasteiger partial charge in [-0.3, -0.25) is 0 Å². The van der Waals surface area contributed by atoms with E-state index in [1.807, 2.05) is 0 Å². The van der Waals surface area contributed by atoms with Crippen molar-refractivity contribution in [3.63, 3.8) is 0 Å². The zero-order chi connectivity index (χ0) is 14.1. The number of hydrogen-bond donors (Lipinski definition) is 2. The van der Waals surface area contributed by atoms with E-state index in [1.54, 1.807) is 0 Å². The molecule has 0 aliphatic heterocycles. The average Bonchev–Trinajstić information content (AvgIpc) is 2.24. The molecule has 8 heteroatoms. The van der Waals surface area contributed by atoms with Gasteiger partial charge in [0.2, 0.25) is 10.0 Å². The number of benzene rings is 1. The van der Waals surface area contributed by atoms with Crippen LogP contribution in [0.15, 0.2) is 17.0 Å². The van der Waals surface area contributed by atoms with Crippen LogP contribution in [0.2, 0.25) is 0 Å². The van der Waals surface area contributed by atoms with Crippen molar-refractivity contribution in [2.75, 3.05) is 19.4 Å². The van der Waals surface area contributed by atoms with Gasteiger partial charge in [-0.2, -0.15) is 4.31 Å². The van der Waals surface area contributed by atoms with Crippen LogP contribution in [0.25, 0.3) is 0 Å². The van der Waals surface area contributed by atoms with Crippen molar-refractivity contribution < 1.29 is 22.3 Å². The third-order valence-corrected chi connectivity index (χ3v) is 4.57. The van der Waals surface area contributed by atoms with Crippen molar-refractivity contribution in [2.45, 2.75) is 17.9 Å². The summed E-state index contributed by atoms with van der Waals surface area (Å²) in [5, 5.41) is 8.88. The van der Waals surface area contributed by atoms with E-state index in [-0.39, 0.29) is 5.69 Å². The first-order valence-corrected chi connectivity index (χ1v) is 6.49. The molecule has 0 amide bonds.